The first-order chi connectivity index (χ1) is 8.24. The summed E-state index contributed by atoms with van der Waals surface area (Å²) in [5, 5.41) is 12.3. The van der Waals surface area contributed by atoms with Gasteiger partial charge in [-0.2, -0.15) is 0 Å². The number of aryl methyl sites for hydroxylation is 2. The lowest BCUT2D eigenvalue weighted by Gasteiger charge is -2.07. The van der Waals surface area contributed by atoms with Crippen LogP contribution in [0.2, 0.25) is 0 Å². The maximum Gasteiger partial charge on any atom is 0.0930 e. The molecular weight excluding hydrogens is 316 g/mol. The van der Waals surface area contributed by atoms with Gasteiger partial charge in [0.15, 0.2) is 0 Å². The van der Waals surface area contributed by atoms with Gasteiger partial charge in [0.25, 0.3) is 0 Å². The van der Waals surface area contributed by atoms with Crippen molar-refractivity contribution in [2.75, 3.05) is 0 Å². The molecule has 0 radical (unpaired) electrons. The maximum atomic E-state index is 10.3. The van der Waals surface area contributed by atoms with Gasteiger partial charge in [0.1, 0.15) is 0 Å². The second-order valence-electron chi connectivity index (χ2n) is 4.36. The molecule has 0 spiro atoms. The number of rotatable bonds is 3. The maximum absolute atomic E-state index is 10.3. The fourth-order valence-corrected chi connectivity index (χ4v) is 5.06. The van der Waals surface area contributed by atoms with Crippen LogP contribution in [0.25, 0.3) is 0 Å². The first kappa shape index (κ1) is 11.9. The zero-order chi connectivity index (χ0) is 11.8. The van der Waals surface area contributed by atoms with Crippen LogP contribution >= 0.6 is 38.6 Å². The predicted molar refractivity (Wildman–Crippen MR) is 77.0 cm³/mol. The molecule has 0 saturated heterocycles. The van der Waals surface area contributed by atoms with E-state index in [2.05, 4.69) is 27.4 Å². The summed E-state index contributed by atoms with van der Waals surface area (Å²) >= 11 is 7.01. The summed E-state index contributed by atoms with van der Waals surface area (Å²) in [6.07, 6.45) is 4.06. The van der Waals surface area contributed by atoms with E-state index >= 15 is 0 Å². The Kier molecular flexibility index (Phi) is 3.39. The molecule has 1 atom stereocenters. The number of aliphatic hydroxyl groups excluding tert-OH is 1. The van der Waals surface area contributed by atoms with E-state index in [4.69, 9.17) is 0 Å². The average molecular weight is 329 g/mol. The van der Waals surface area contributed by atoms with Gasteiger partial charge in [0.05, 0.1) is 6.10 Å². The zero-order valence-corrected chi connectivity index (χ0v) is 12.5. The van der Waals surface area contributed by atoms with Gasteiger partial charge in [0, 0.05) is 25.5 Å². The number of fused-ring (bicyclic) bond motifs is 1. The predicted octanol–water partition coefficient (Wildman–Crippen LogP) is 4.34. The van der Waals surface area contributed by atoms with Crippen LogP contribution in [-0.4, -0.2) is 5.11 Å². The number of hydrogen-bond acceptors (Lipinski definition) is 3. The molecular formula is C13H13BrOS2. The van der Waals surface area contributed by atoms with E-state index in [9.17, 15) is 5.11 Å². The van der Waals surface area contributed by atoms with E-state index in [1.165, 1.54) is 34.6 Å². The lowest BCUT2D eigenvalue weighted by molar-refractivity contribution is 0.183. The second kappa shape index (κ2) is 4.84. The third-order valence-electron chi connectivity index (χ3n) is 3.16. The highest BCUT2D eigenvalue weighted by Crippen LogP contribution is 2.36. The Bertz CT molecular complexity index is 508. The van der Waals surface area contributed by atoms with Gasteiger partial charge in [-0.3, -0.25) is 0 Å². The van der Waals surface area contributed by atoms with Crippen molar-refractivity contribution in [3.05, 3.63) is 42.2 Å². The van der Waals surface area contributed by atoms with Crippen LogP contribution in [0, 0.1) is 0 Å². The average Bonchev–Trinajstić information content (AvgIpc) is 2.93. The van der Waals surface area contributed by atoms with Gasteiger partial charge < -0.3 is 5.11 Å². The minimum absolute atomic E-state index is 0.347. The van der Waals surface area contributed by atoms with Crippen molar-refractivity contribution < 1.29 is 5.11 Å². The molecule has 1 aliphatic carbocycles. The van der Waals surface area contributed by atoms with Gasteiger partial charge >= 0.3 is 0 Å². The van der Waals surface area contributed by atoms with Crippen LogP contribution in [-0.2, 0) is 19.3 Å². The molecule has 0 aromatic carbocycles. The standard InChI is InChI=1S/C13H13BrOS2/c14-9-4-5-16-12(9)7-10(15)13-6-8-2-1-3-11(8)17-13/h4-6,10,15H,1-3,7H2. The Morgan fingerprint density at radius 1 is 1.41 bits per heavy atom. The van der Waals surface area contributed by atoms with E-state index < -0.39 is 0 Å². The molecule has 2 heterocycles. The van der Waals surface area contributed by atoms with Crippen LogP contribution in [0.15, 0.2) is 22.0 Å². The number of hydrogen-bond donors (Lipinski definition) is 1. The fraction of sp³-hybridized carbons (Fsp3) is 0.385. The van der Waals surface area contributed by atoms with E-state index in [0.29, 0.717) is 0 Å². The van der Waals surface area contributed by atoms with E-state index in [0.717, 1.165) is 15.8 Å². The molecule has 1 unspecified atom stereocenters. The smallest absolute Gasteiger partial charge is 0.0930 e. The molecule has 0 bridgehead atoms. The topological polar surface area (TPSA) is 20.2 Å². The molecule has 0 amide bonds. The van der Waals surface area contributed by atoms with Crippen molar-refractivity contribution in [2.24, 2.45) is 0 Å². The third-order valence-corrected chi connectivity index (χ3v) is 6.45. The lowest BCUT2D eigenvalue weighted by Crippen LogP contribution is -1.98. The van der Waals surface area contributed by atoms with Crippen LogP contribution < -0.4 is 0 Å². The zero-order valence-electron chi connectivity index (χ0n) is 9.28. The van der Waals surface area contributed by atoms with Gasteiger partial charge in [-0.05, 0) is 58.3 Å². The van der Waals surface area contributed by atoms with Crippen molar-refractivity contribution in [1.29, 1.82) is 0 Å². The van der Waals surface area contributed by atoms with Gasteiger partial charge in [-0.15, -0.1) is 22.7 Å². The molecule has 1 N–H and O–H groups in total. The highest BCUT2D eigenvalue weighted by molar-refractivity contribution is 9.10. The second-order valence-corrected chi connectivity index (χ2v) is 7.39. The third kappa shape index (κ3) is 2.36. The Labute approximate surface area is 117 Å². The molecule has 1 nitrogen and oxygen atoms in total. The SMILES string of the molecule is OC(Cc1sccc1Br)c1cc2c(s1)CCC2. The first-order valence-electron chi connectivity index (χ1n) is 5.75. The summed E-state index contributed by atoms with van der Waals surface area (Å²) < 4.78 is 1.12. The van der Waals surface area contributed by atoms with Gasteiger partial charge in [-0.25, -0.2) is 0 Å². The summed E-state index contributed by atoms with van der Waals surface area (Å²) in [7, 11) is 0. The van der Waals surface area contributed by atoms with Crippen LogP contribution in [0.5, 0.6) is 0 Å². The normalized spacial score (nSPS) is 16.1. The molecule has 3 rings (SSSR count). The highest BCUT2D eigenvalue weighted by Gasteiger charge is 2.19. The molecule has 2 aromatic rings. The quantitative estimate of drug-likeness (QED) is 0.888. The van der Waals surface area contributed by atoms with Crippen molar-refractivity contribution in [1.82, 2.24) is 0 Å². The largest absolute Gasteiger partial charge is 0.387 e. The molecule has 17 heavy (non-hydrogen) atoms. The Hall–Kier alpha value is -0.160. The van der Waals surface area contributed by atoms with Crippen molar-refractivity contribution in [3.8, 4) is 0 Å². The number of thiophene rings is 2. The van der Waals surface area contributed by atoms with Crippen molar-refractivity contribution >= 4 is 38.6 Å². The van der Waals surface area contributed by atoms with E-state index in [1.54, 1.807) is 22.7 Å². The van der Waals surface area contributed by atoms with Gasteiger partial charge in [-0.1, -0.05) is 0 Å². The molecule has 4 heteroatoms. The van der Waals surface area contributed by atoms with Crippen molar-refractivity contribution in [3.63, 3.8) is 0 Å². The highest BCUT2D eigenvalue weighted by atomic mass is 79.9. The Morgan fingerprint density at radius 2 is 2.29 bits per heavy atom. The van der Waals surface area contributed by atoms with Crippen molar-refractivity contribution in [2.45, 2.75) is 31.8 Å². The van der Waals surface area contributed by atoms with Gasteiger partial charge in [0.2, 0.25) is 0 Å². The molecule has 2 aromatic heterocycles. The van der Waals surface area contributed by atoms with Crippen LogP contribution in [0.3, 0.4) is 0 Å². The van der Waals surface area contributed by atoms with Crippen LogP contribution in [0.1, 0.15) is 32.7 Å². The Balaban J connectivity index is 1.77. The fourth-order valence-electron chi connectivity index (χ4n) is 2.26. The molecule has 0 saturated carbocycles. The number of aliphatic hydroxyl groups is 1. The molecule has 0 fully saturated rings. The Morgan fingerprint density at radius 3 is 3.00 bits per heavy atom. The number of halogens is 1. The molecule has 1 aliphatic rings. The summed E-state index contributed by atoms with van der Waals surface area (Å²) in [5.74, 6) is 0. The van der Waals surface area contributed by atoms with E-state index in [-0.39, 0.29) is 6.10 Å². The lowest BCUT2D eigenvalue weighted by atomic mass is 10.1. The summed E-state index contributed by atoms with van der Waals surface area (Å²) in [6, 6.07) is 4.25. The van der Waals surface area contributed by atoms with Crippen LogP contribution in [0.4, 0.5) is 0 Å². The molecule has 0 aliphatic heterocycles. The monoisotopic (exact) mass is 328 g/mol. The molecule has 90 valence electrons. The minimum Gasteiger partial charge on any atom is -0.387 e. The summed E-state index contributed by atoms with van der Waals surface area (Å²) in [5.41, 5.74) is 1.47. The first-order valence-corrected chi connectivity index (χ1v) is 8.24. The summed E-state index contributed by atoms with van der Waals surface area (Å²) in [4.78, 5) is 3.85. The van der Waals surface area contributed by atoms with E-state index in [1.807, 2.05) is 6.07 Å². The minimum atomic E-state index is -0.347. The summed E-state index contributed by atoms with van der Waals surface area (Å²) in [6.45, 7) is 0.